The van der Waals surface area contributed by atoms with Crippen molar-refractivity contribution in [2.24, 2.45) is 5.73 Å². The monoisotopic (exact) mass is 332 g/mol. The third kappa shape index (κ3) is 3.14. The maximum absolute atomic E-state index is 12.0. The van der Waals surface area contributed by atoms with Crippen LogP contribution in [-0.4, -0.2) is 57.6 Å². The van der Waals surface area contributed by atoms with Crippen molar-refractivity contribution in [1.82, 2.24) is 15.2 Å². The Morgan fingerprint density at radius 2 is 2.12 bits per heavy atom. The van der Waals surface area contributed by atoms with Gasteiger partial charge >= 0.3 is 0 Å². The highest BCUT2D eigenvalue weighted by atomic mass is 16.3. The number of pyridine rings is 1. The van der Waals surface area contributed by atoms with Crippen molar-refractivity contribution in [2.75, 3.05) is 13.1 Å². The fourth-order valence-electron chi connectivity index (χ4n) is 4.07. The quantitative estimate of drug-likeness (QED) is 0.682. The number of primary amides is 1. The van der Waals surface area contributed by atoms with Crippen LogP contribution in [0, 0.1) is 0 Å². The molecule has 7 nitrogen and oxygen atoms in total. The Morgan fingerprint density at radius 1 is 1.38 bits per heavy atom. The number of nitrogens with one attached hydrogen (secondary N) is 1. The minimum atomic E-state index is -0.742. The summed E-state index contributed by atoms with van der Waals surface area (Å²) in [6, 6.07) is 3.54. The molecule has 24 heavy (non-hydrogen) atoms. The third-order valence-corrected chi connectivity index (χ3v) is 5.32. The fourth-order valence-corrected chi connectivity index (χ4v) is 4.07. The number of nitrogens with zero attached hydrogens (tertiary/aromatic N) is 2. The lowest BCUT2D eigenvalue weighted by Crippen LogP contribution is -2.60. The van der Waals surface area contributed by atoms with Crippen LogP contribution < -0.4 is 11.1 Å². The van der Waals surface area contributed by atoms with Crippen LogP contribution in [0.3, 0.4) is 0 Å². The molecule has 0 saturated carbocycles. The van der Waals surface area contributed by atoms with Crippen LogP contribution in [-0.2, 0) is 4.79 Å². The Bertz CT molecular complexity index is 605. The second-order valence-corrected chi connectivity index (χ2v) is 6.73. The van der Waals surface area contributed by atoms with E-state index in [-0.39, 0.29) is 18.4 Å². The van der Waals surface area contributed by atoms with Gasteiger partial charge in [0.1, 0.15) is 5.54 Å². The van der Waals surface area contributed by atoms with Crippen molar-refractivity contribution in [3.05, 3.63) is 30.1 Å². The van der Waals surface area contributed by atoms with E-state index in [9.17, 15) is 14.7 Å². The maximum Gasteiger partial charge on any atom is 0.251 e. The number of fused-ring (bicyclic) bond motifs is 2. The van der Waals surface area contributed by atoms with Gasteiger partial charge in [0.25, 0.3) is 5.91 Å². The number of carbonyl (C=O) groups excluding carboxylic acids is 2. The Balaban J connectivity index is 1.57. The number of β-amino-alcohol motifs (C(OH)–C–C–N with tert-alkyl or cyclic N) is 1. The topological polar surface area (TPSA) is 109 Å². The van der Waals surface area contributed by atoms with E-state index in [2.05, 4.69) is 15.2 Å². The standard InChI is InChI=1S/C17H24N4O3/c18-16(24)17-6-1-2-13(3-7-17)21(17)11-14(22)10-20-15(23)12-4-8-19-9-5-12/h4-5,8-9,13-14,22H,1-3,6-7,10-11H2,(H2,18,24)(H,20,23)/t13-,14?,17+/m1/s1. The summed E-state index contributed by atoms with van der Waals surface area (Å²) in [5.74, 6) is -0.541. The number of carbonyl (C=O) groups is 2. The number of nitrogens with two attached hydrogens (primary N) is 1. The van der Waals surface area contributed by atoms with Crippen LogP contribution in [0.1, 0.15) is 42.5 Å². The molecule has 2 aliphatic heterocycles. The average molecular weight is 332 g/mol. The van der Waals surface area contributed by atoms with E-state index in [0.717, 1.165) is 32.1 Å². The van der Waals surface area contributed by atoms with Gasteiger partial charge in [0.15, 0.2) is 0 Å². The Morgan fingerprint density at radius 3 is 2.83 bits per heavy atom. The zero-order chi connectivity index (χ0) is 17.2. The van der Waals surface area contributed by atoms with E-state index >= 15 is 0 Å². The summed E-state index contributed by atoms with van der Waals surface area (Å²) in [5, 5.41) is 13.1. The molecule has 1 aromatic heterocycles. The third-order valence-electron chi connectivity index (χ3n) is 5.32. The van der Waals surface area contributed by atoms with Crippen LogP contribution in [0.2, 0.25) is 0 Å². The minimum absolute atomic E-state index is 0.138. The van der Waals surface area contributed by atoms with Crippen LogP contribution in [0.25, 0.3) is 0 Å². The van der Waals surface area contributed by atoms with Gasteiger partial charge in [0.2, 0.25) is 5.91 Å². The molecule has 130 valence electrons. The highest BCUT2D eigenvalue weighted by Crippen LogP contribution is 2.43. The molecule has 1 aromatic rings. The molecule has 4 N–H and O–H groups in total. The SMILES string of the molecule is NC(=O)[C@]12CCC[C@H](CC1)N2CC(O)CNC(=O)c1ccncc1. The number of amides is 2. The molecule has 0 spiro atoms. The summed E-state index contributed by atoms with van der Waals surface area (Å²) >= 11 is 0. The molecular formula is C17H24N4O3. The largest absolute Gasteiger partial charge is 0.390 e. The van der Waals surface area contributed by atoms with Gasteiger partial charge < -0.3 is 16.2 Å². The van der Waals surface area contributed by atoms with Crippen molar-refractivity contribution in [3.63, 3.8) is 0 Å². The first kappa shape index (κ1) is 16.9. The predicted octanol–water partition coefficient (Wildman–Crippen LogP) is 0.0447. The summed E-state index contributed by atoms with van der Waals surface area (Å²) in [6.45, 7) is 0.490. The zero-order valence-corrected chi connectivity index (χ0v) is 13.6. The smallest absolute Gasteiger partial charge is 0.251 e. The molecule has 7 heteroatoms. The summed E-state index contributed by atoms with van der Waals surface area (Å²) in [6.07, 6.45) is 6.86. The normalized spacial score (nSPS) is 27.6. The van der Waals surface area contributed by atoms with Crippen molar-refractivity contribution in [2.45, 2.75) is 49.8 Å². The summed E-state index contributed by atoms with van der Waals surface area (Å²) < 4.78 is 0. The number of aromatic nitrogens is 1. The van der Waals surface area contributed by atoms with E-state index < -0.39 is 11.6 Å². The number of hydrogen-bond acceptors (Lipinski definition) is 5. The van der Waals surface area contributed by atoms with Gasteiger partial charge in [-0.3, -0.25) is 19.5 Å². The average Bonchev–Trinajstić information content (AvgIpc) is 2.79. The molecule has 3 heterocycles. The van der Waals surface area contributed by atoms with Gasteiger partial charge in [-0.1, -0.05) is 0 Å². The maximum atomic E-state index is 12.0. The van der Waals surface area contributed by atoms with E-state index in [1.54, 1.807) is 24.5 Å². The van der Waals surface area contributed by atoms with E-state index in [0.29, 0.717) is 18.2 Å². The fraction of sp³-hybridized carbons (Fsp3) is 0.588. The summed E-state index contributed by atoms with van der Waals surface area (Å²) in [4.78, 5) is 30.0. The molecule has 2 amide bonds. The highest BCUT2D eigenvalue weighted by molar-refractivity contribution is 5.93. The first-order chi connectivity index (χ1) is 11.5. The van der Waals surface area contributed by atoms with Crippen molar-refractivity contribution in [1.29, 1.82) is 0 Å². The van der Waals surface area contributed by atoms with Gasteiger partial charge in [-0.05, 0) is 44.2 Å². The molecule has 2 saturated heterocycles. The van der Waals surface area contributed by atoms with Crippen molar-refractivity contribution in [3.8, 4) is 0 Å². The number of rotatable bonds is 6. The minimum Gasteiger partial charge on any atom is -0.390 e. The van der Waals surface area contributed by atoms with Crippen LogP contribution in [0.5, 0.6) is 0 Å². The highest BCUT2D eigenvalue weighted by Gasteiger charge is 2.52. The van der Waals surface area contributed by atoms with Gasteiger partial charge in [-0.25, -0.2) is 0 Å². The van der Waals surface area contributed by atoms with E-state index in [1.165, 1.54) is 0 Å². The van der Waals surface area contributed by atoms with E-state index in [1.807, 2.05) is 0 Å². The van der Waals surface area contributed by atoms with Crippen LogP contribution in [0.4, 0.5) is 0 Å². The predicted molar refractivity (Wildman–Crippen MR) is 88.1 cm³/mol. The molecule has 3 rings (SSSR count). The zero-order valence-electron chi connectivity index (χ0n) is 13.6. The van der Waals surface area contributed by atoms with Crippen LogP contribution >= 0.6 is 0 Å². The lowest BCUT2D eigenvalue weighted by molar-refractivity contribution is -0.132. The van der Waals surface area contributed by atoms with Gasteiger partial charge in [0, 0.05) is 37.1 Å². The van der Waals surface area contributed by atoms with Crippen molar-refractivity contribution >= 4 is 11.8 Å². The number of aliphatic hydroxyl groups is 1. The number of aliphatic hydroxyl groups excluding tert-OH is 1. The Kier molecular flexibility index (Phi) is 4.82. The van der Waals surface area contributed by atoms with Gasteiger partial charge in [-0.15, -0.1) is 0 Å². The Labute approximate surface area is 141 Å². The second kappa shape index (κ2) is 6.86. The van der Waals surface area contributed by atoms with E-state index in [4.69, 9.17) is 5.73 Å². The summed E-state index contributed by atoms with van der Waals surface area (Å²) in [7, 11) is 0. The lowest BCUT2D eigenvalue weighted by atomic mass is 9.87. The number of hydrogen-bond donors (Lipinski definition) is 3. The summed E-state index contributed by atoms with van der Waals surface area (Å²) in [5.41, 5.74) is 5.56. The van der Waals surface area contributed by atoms with Crippen molar-refractivity contribution < 1.29 is 14.7 Å². The first-order valence-electron chi connectivity index (χ1n) is 8.46. The molecule has 0 aromatic carbocycles. The van der Waals surface area contributed by atoms with Crippen LogP contribution in [0.15, 0.2) is 24.5 Å². The Hall–Kier alpha value is -1.99. The van der Waals surface area contributed by atoms with Gasteiger partial charge in [-0.2, -0.15) is 0 Å². The molecule has 2 bridgehead atoms. The molecule has 0 radical (unpaired) electrons. The number of piperidine rings is 1. The molecule has 2 fully saturated rings. The first-order valence-corrected chi connectivity index (χ1v) is 8.46. The van der Waals surface area contributed by atoms with Gasteiger partial charge in [0.05, 0.1) is 6.10 Å². The molecule has 0 aliphatic carbocycles. The molecule has 2 aliphatic rings. The second-order valence-electron chi connectivity index (χ2n) is 6.73. The molecule has 3 atom stereocenters. The molecule has 1 unspecified atom stereocenters. The molecular weight excluding hydrogens is 308 g/mol. The lowest BCUT2D eigenvalue weighted by Gasteiger charge is -2.43.